The third kappa shape index (κ3) is 3.47. The Bertz CT molecular complexity index is 626. The number of hydrogen-bond donors (Lipinski definition) is 1. The number of hydrogen-bond acceptors (Lipinski definition) is 4. The van der Waals surface area contributed by atoms with E-state index in [9.17, 15) is 4.79 Å². The van der Waals surface area contributed by atoms with Crippen molar-refractivity contribution in [2.24, 2.45) is 0 Å². The molecule has 5 heteroatoms. The van der Waals surface area contributed by atoms with E-state index in [0.717, 1.165) is 47.8 Å². The van der Waals surface area contributed by atoms with Gasteiger partial charge >= 0.3 is 0 Å². The van der Waals surface area contributed by atoms with Crippen molar-refractivity contribution in [2.45, 2.75) is 32.7 Å². The molecule has 4 nitrogen and oxygen atoms in total. The van der Waals surface area contributed by atoms with Crippen LogP contribution in [-0.2, 0) is 0 Å². The highest BCUT2D eigenvalue weighted by Crippen LogP contribution is 2.22. The van der Waals surface area contributed by atoms with Crippen molar-refractivity contribution < 1.29 is 4.79 Å². The molecule has 1 aromatic heterocycles. The van der Waals surface area contributed by atoms with Crippen molar-refractivity contribution in [2.75, 3.05) is 18.0 Å². The van der Waals surface area contributed by atoms with E-state index in [-0.39, 0.29) is 11.9 Å². The molecule has 0 spiro atoms. The topological polar surface area (TPSA) is 45.2 Å². The third-order valence-corrected chi connectivity index (χ3v) is 4.84. The molecule has 0 saturated carbocycles. The molecule has 1 aliphatic heterocycles. The summed E-state index contributed by atoms with van der Waals surface area (Å²) in [6.07, 6.45) is 3.78. The molecule has 1 fully saturated rings. The lowest BCUT2D eigenvalue weighted by Crippen LogP contribution is -2.44. The molecule has 22 heavy (non-hydrogen) atoms. The average Bonchev–Trinajstić information content (AvgIpc) is 3.01. The van der Waals surface area contributed by atoms with Gasteiger partial charge in [-0.15, -0.1) is 11.3 Å². The number of amides is 1. The van der Waals surface area contributed by atoms with Gasteiger partial charge in [-0.3, -0.25) is 4.79 Å². The Morgan fingerprint density at radius 1 is 1.23 bits per heavy atom. The molecule has 1 aliphatic rings. The van der Waals surface area contributed by atoms with Crippen molar-refractivity contribution in [3.63, 3.8) is 0 Å². The van der Waals surface area contributed by atoms with Gasteiger partial charge in [0.25, 0.3) is 5.91 Å². The number of nitrogens with one attached hydrogen (secondary N) is 1. The second kappa shape index (κ2) is 6.48. The first-order chi connectivity index (χ1) is 10.6. The maximum Gasteiger partial charge on any atom is 0.251 e. The fraction of sp³-hybridized carbons (Fsp3) is 0.412. The van der Waals surface area contributed by atoms with E-state index < -0.39 is 0 Å². The molecule has 3 rings (SSSR count). The van der Waals surface area contributed by atoms with Gasteiger partial charge in [0.05, 0.1) is 0 Å². The van der Waals surface area contributed by atoms with Crippen molar-refractivity contribution >= 4 is 22.4 Å². The summed E-state index contributed by atoms with van der Waals surface area (Å²) in [4.78, 5) is 19.0. The van der Waals surface area contributed by atoms with Crippen LogP contribution in [0, 0.1) is 13.8 Å². The average molecular weight is 315 g/mol. The van der Waals surface area contributed by atoms with E-state index in [2.05, 4.69) is 21.3 Å². The number of aromatic nitrogens is 1. The largest absolute Gasteiger partial charge is 0.349 e. The zero-order chi connectivity index (χ0) is 15.5. The minimum absolute atomic E-state index is 0.0412. The summed E-state index contributed by atoms with van der Waals surface area (Å²) >= 11 is 1.67. The zero-order valence-corrected chi connectivity index (χ0v) is 13.8. The number of benzene rings is 1. The van der Waals surface area contributed by atoms with Gasteiger partial charge in [0.15, 0.2) is 5.13 Å². The number of rotatable bonds is 3. The molecule has 0 radical (unpaired) electrons. The molecular formula is C17H21N3OS. The molecule has 2 heterocycles. The van der Waals surface area contributed by atoms with Crippen LogP contribution in [0.15, 0.2) is 29.8 Å². The Hall–Kier alpha value is -1.88. The van der Waals surface area contributed by atoms with E-state index in [1.54, 1.807) is 11.3 Å². The molecule has 0 aliphatic carbocycles. The van der Waals surface area contributed by atoms with Gasteiger partial charge < -0.3 is 10.2 Å². The number of carbonyl (C=O) groups excluding carboxylic acids is 1. The Labute approximate surface area is 135 Å². The SMILES string of the molecule is Cc1cc(C)cc(C(=O)NC2CCN(c3nccs3)CC2)c1. The normalized spacial score (nSPS) is 15.8. The van der Waals surface area contributed by atoms with Gasteiger partial charge in [-0.1, -0.05) is 17.2 Å². The second-order valence-electron chi connectivity index (χ2n) is 5.93. The first-order valence-electron chi connectivity index (χ1n) is 7.65. The highest BCUT2D eigenvalue weighted by molar-refractivity contribution is 7.13. The standard InChI is InChI=1S/C17H21N3OS/c1-12-9-13(2)11-14(10-12)16(21)19-15-3-6-20(7-4-15)17-18-5-8-22-17/h5,8-11,15H,3-4,6-7H2,1-2H3,(H,19,21). The minimum Gasteiger partial charge on any atom is -0.349 e. The maximum absolute atomic E-state index is 12.4. The minimum atomic E-state index is 0.0412. The number of nitrogens with zero attached hydrogens (tertiary/aromatic N) is 2. The number of carbonyl (C=O) groups is 1. The van der Waals surface area contributed by atoms with Gasteiger partial charge in [0.1, 0.15) is 0 Å². The van der Waals surface area contributed by atoms with Crippen LogP contribution in [0.5, 0.6) is 0 Å². The van der Waals surface area contributed by atoms with Gasteiger partial charge in [-0.25, -0.2) is 4.98 Å². The molecule has 0 bridgehead atoms. The highest BCUT2D eigenvalue weighted by atomic mass is 32.1. The Kier molecular flexibility index (Phi) is 4.43. The molecular weight excluding hydrogens is 294 g/mol. The number of aryl methyl sites for hydroxylation is 2. The van der Waals surface area contributed by atoms with Crippen molar-refractivity contribution in [3.05, 3.63) is 46.5 Å². The van der Waals surface area contributed by atoms with Crippen molar-refractivity contribution in [1.29, 1.82) is 0 Å². The summed E-state index contributed by atoms with van der Waals surface area (Å²) in [7, 11) is 0. The van der Waals surface area contributed by atoms with Crippen LogP contribution >= 0.6 is 11.3 Å². The van der Waals surface area contributed by atoms with Crippen molar-refractivity contribution in [1.82, 2.24) is 10.3 Å². The Morgan fingerprint density at radius 3 is 2.50 bits per heavy atom. The van der Waals surface area contributed by atoms with Gasteiger partial charge in [-0.05, 0) is 38.8 Å². The summed E-state index contributed by atoms with van der Waals surface area (Å²) in [6.45, 7) is 5.95. The molecule has 2 aromatic rings. The summed E-state index contributed by atoms with van der Waals surface area (Å²) in [6, 6.07) is 6.24. The monoisotopic (exact) mass is 315 g/mol. The third-order valence-electron chi connectivity index (χ3n) is 4.00. The lowest BCUT2D eigenvalue weighted by atomic mass is 10.0. The van der Waals surface area contributed by atoms with E-state index in [1.807, 2.05) is 37.6 Å². The number of piperidine rings is 1. The van der Waals surface area contributed by atoms with E-state index in [1.165, 1.54) is 0 Å². The molecule has 0 atom stereocenters. The molecule has 0 unspecified atom stereocenters. The van der Waals surface area contributed by atoms with Crippen LogP contribution in [0.4, 0.5) is 5.13 Å². The van der Waals surface area contributed by atoms with Crippen LogP contribution in [0.25, 0.3) is 0 Å². The summed E-state index contributed by atoms with van der Waals surface area (Å²) in [5.74, 6) is 0.0412. The Morgan fingerprint density at radius 2 is 1.91 bits per heavy atom. The van der Waals surface area contributed by atoms with E-state index in [4.69, 9.17) is 0 Å². The number of thiazole rings is 1. The van der Waals surface area contributed by atoms with Gasteiger partial charge in [0, 0.05) is 36.3 Å². The number of anilines is 1. The second-order valence-corrected chi connectivity index (χ2v) is 6.80. The predicted molar refractivity (Wildman–Crippen MR) is 90.7 cm³/mol. The summed E-state index contributed by atoms with van der Waals surface area (Å²) in [5.41, 5.74) is 3.02. The van der Waals surface area contributed by atoms with Gasteiger partial charge in [0.2, 0.25) is 0 Å². The van der Waals surface area contributed by atoms with E-state index >= 15 is 0 Å². The quantitative estimate of drug-likeness (QED) is 0.946. The van der Waals surface area contributed by atoms with Crippen LogP contribution in [0.1, 0.15) is 34.3 Å². The molecule has 1 N–H and O–H groups in total. The Balaban J connectivity index is 1.57. The zero-order valence-electron chi connectivity index (χ0n) is 13.0. The van der Waals surface area contributed by atoms with Crippen LogP contribution in [0.2, 0.25) is 0 Å². The first kappa shape index (κ1) is 15.0. The molecule has 1 saturated heterocycles. The molecule has 1 aromatic carbocycles. The predicted octanol–water partition coefficient (Wildman–Crippen LogP) is 3.16. The van der Waals surface area contributed by atoms with Crippen LogP contribution in [0.3, 0.4) is 0 Å². The first-order valence-corrected chi connectivity index (χ1v) is 8.53. The maximum atomic E-state index is 12.4. The summed E-state index contributed by atoms with van der Waals surface area (Å²) in [5, 5.41) is 6.26. The molecule has 1 amide bonds. The van der Waals surface area contributed by atoms with Crippen molar-refractivity contribution in [3.8, 4) is 0 Å². The lowest BCUT2D eigenvalue weighted by Gasteiger charge is -2.32. The summed E-state index contributed by atoms with van der Waals surface area (Å²) < 4.78 is 0. The lowest BCUT2D eigenvalue weighted by molar-refractivity contribution is 0.0931. The smallest absolute Gasteiger partial charge is 0.251 e. The van der Waals surface area contributed by atoms with E-state index in [0.29, 0.717) is 0 Å². The fourth-order valence-corrected chi connectivity index (χ4v) is 3.66. The van der Waals surface area contributed by atoms with Gasteiger partial charge in [-0.2, -0.15) is 0 Å². The molecule has 116 valence electrons. The van der Waals surface area contributed by atoms with Crippen LogP contribution in [-0.4, -0.2) is 30.0 Å². The van der Waals surface area contributed by atoms with Crippen LogP contribution < -0.4 is 10.2 Å². The highest BCUT2D eigenvalue weighted by Gasteiger charge is 2.22. The fourth-order valence-electron chi connectivity index (χ4n) is 2.96.